The largest absolute Gasteiger partial charge is 0.390 e. The van der Waals surface area contributed by atoms with E-state index in [0.717, 1.165) is 9.25 Å². The predicted molar refractivity (Wildman–Crippen MR) is 111 cm³/mol. The van der Waals surface area contributed by atoms with E-state index < -0.39 is 24.8 Å². The lowest BCUT2D eigenvalue weighted by Crippen LogP contribution is -2.27. The zero-order valence-electron chi connectivity index (χ0n) is 16.2. The van der Waals surface area contributed by atoms with E-state index in [9.17, 15) is 18.0 Å². The second-order valence-corrected chi connectivity index (χ2v) is 7.50. The number of halogens is 5. The standard InChI is InChI=1S/C19H14Cl2F3N7O/c20-13-5-3-12(4-6-13)17-28-30(18(32)29(17)9-7-19(22,23)24)10-15-26-11-31(27-15)14-2-1-8-25-16(14)21/h1-6,8,11H,7,9-10H2. The highest BCUT2D eigenvalue weighted by Gasteiger charge is 2.28. The van der Waals surface area contributed by atoms with Gasteiger partial charge >= 0.3 is 11.9 Å². The molecule has 0 fully saturated rings. The summed E-state index contributed by atoms with van der Waals surface area (Å²) >= 11 is 11.9. The third kappa shape index (κ3) is 4.83. The molecular formula is C19H14Cl2F3N7O. The van der Waals surface area contributed by atoms with Gasteiger partial charge in [0.15, 0.2) is 16.8 Å². The lowest BCUT2D eigenvalue weighted by atomic mass is 10.2. The van der Waals surface area contributed by atoms with Crippen molar-refractivity contribution in [3.63, 3.8) is 0 Å². The van der Waals surface area contributed by atoms with Crippen LogP contribution in [0.1, 0.15) is 12.2 Å². The van der Waals surface area contributed by atoms with Crippen LogP contribution in [0.4, 0.5) is 13.2 Å². The molecule has 4 rings (SSSR count). The van der Waals surface area contributed by atoms with Crippen molar-refractivity contribution in [2.45, 2.75) is 25.7 Å². The fourth-order valence-electron chi connectivity index (χ4n) is 2.96. The van der Waals surface area contributed by atoms with Gasteiger partial charge in [0, 0.05) is 23.3 Å². The lowest BCUT2D eigenvalue weighted by Gasteiger charge is -2.08. The maximum Gasteiger partial charge on any atom is 0.390 e. The van der Waals surface area contributed by atoms with Crippen LogP contribution in [0.5, 0.6) is 0 Å². The van der Waals surface area contributed by atoms with Crippen LogP contribution in [0.25, 0.3) is 17.1 Å². The van der Waals surface area contributed by atoms with Crippen LogP contribution in [-0.4, -0.2) is 40.3 Å². The molecule has 13 heteroatoms. The summed E-state index contributed by atoms with van der Waals surface area (Å²) in [5, 5.41) is 9.15. The zero-order chi connectivity index (χ0) is 22.9. The number of rotatable bonds is 6. The monoisotopic (exact) mass is 483 g/mol. The van der Waals surface area contributed by atoms with Crippen molar-refractivity contribution in [2.24, 2.45) is 0 Å². The van der Waals surface area contributed by atoms with Crippen molar-refractivity contribution in [1.82, 2.24) is 34.1 Å². The second-order valence-electron chi connectivity index (χ2n) is 6.71. The Kier molecular flexibility index (Phi) is 6.02. The topological polar surface area (TPSA) is 83.4 Å². The molecule has 3 heterocycles. The molecule has 0 radical (unpaired) electrons. The summed E-state index contributed by atoms with van der Waals surface area (Å²) in [7, 11) is 0. The minimum atomic E-state index is -4.43. The molecule has 0 atom stereocenters. The molecule has 166 valence electrons. The summed E-state index contributed by atoms with van der Waals surface area (Å²) in [5.74, 6) is 0.306. The third-order valence-corrected chi connectivity index (χ3v) is 5.00. The Bertz CT molecular complexity index is 1300. The summed E-state index contributed by atoms with van der Waals surface area (Å²) < 4.78 is 41.8. The highest BCUT2D eigenvalue weighted by atomic mass is 35.5. The molecule has 0 aliphatic heterocycles. The van der Waals surface area contributed by atoms with Crippen LogP contribution in [0.15, 0.2) is 53.7 Å². The average molecular weight is 484 g/mol. The molecule has 0 amide bonds. The van der Waals surface area contributed by atoms with Gasteiger partial charge < -0.3 is 0 Å². The first-order valence-electron chi connectivity index (χ1n) is 9.23. The van der Waals surface area contributed by atoms with E-state index in [0.29, 0.717) is 16.3 Å². The Balaban J connectivity index is 1.68. The van der Waals surface area contributed by atoms with Crippen LogP contribution in [0, 0.1) is 0 Å². The van der Waals surface area contributed by atoms with Gasteiger partial charge in [0.25, 0.3) is 0 Å². The normalized spacial score (nSPS) is 11.8. The summed E-state index contributed by atoms with van der Waals surface area (Å²) in [6, 6.07) is 9.65. The van der Waals surface area contributed by atoms with E-state index in [1.807, 2.05) is 0 Å². The molecule has 0 saturated heterocycles. The SMILES string of the molecule is O=c1n(Cc2ncn(-c3cccnc3Cl)n2)nc(-c2ccc(Cl)cc2)n1CCC(F)(F)F. The van der Waals surface area contributed by atoms with Gasteiger partial charge in [-0.2, -0.15) is 13.2 Å². The van der Waals surface area contributed by atoms with Crippen LogP contribution in [0.2, 0.25) is 10.2 Å². The number of aromatic nitrogens is 7. The summed E-state index contributed by atoms with van der Waals surface area (Å²) in [6.45, 7) is -0.725. The second kappa shape index (κ2) is 8.75. The van der Waals surface area contributed by atoms with E-state index >= 15 is 0 Å². The number of benzene rings is 1. The Morgan fingerprint density at radius 3 is 2.44 bits per heavy atom. The Hall–Kier alpha value is -3.18. The van der Waals surface area contributed by atoms with Gasteiger partial charge in [0.05, 0.1) is 6.42 Å². The molecule has 0 spiro atoms. The molecule has 4 aromatic rings. The minimum absolute atomic E-state index is 0.0886. The van der Waals surface area contributed by atoms with Gasteiger partial charge in [-0.25, -0.2) is 24.1 Å². The molecule has 0 aliphatic rings. The molecule has 0 N–H and O–H groups in total. The van der Waals surface area contributed by atoms with Gasteiger partial charge in [-0.3, -0.25) is 4.57 Å². The van der Waals surface area contributed by atoms with Gasteiger partial charge in [-0.15, -0.1) is 10.2 Å². The smallest absolute Gasteiger partial charge is 0.275 e. The van der Waals surface area contributed by atoms with Crippen LogP contribution < -0.4 is 5.69 Å². The maximum absolute atomic E-state index is 12.9. The molecule has 3 aromatic heterocycles. The highest BCUT2D eigenvalue weighted by molar-refractivity contribution is 6.31. The maximum atomic E-state index is 12.9. The Morgan fingerprint density at radius 2 is 1.75 bits per heavy atom. The number of pyridine rings is 1. The molecule has 0 saturated carbocycles. The predicted octanol–water partition coefficient (Wildman–Crippen LogP) is 4.00. The van der Waals surface area contributed by atoms with E-state index in [2.05, 4.69) is 20.2 Å². The van der Waals surface area contributed by atoms with Crippen LogP contribution >= 0.6 is 23.2 Å². The van der Waals surface area contributed by atoms with Crippen LogP contribution in [-0.2, 0) is 13.1 Å². The van der Waals surface area contributed by atoms with E-state index in [-0.39, 0.29) is 23.3 Å². The van der Waals surface area contributed by atoms with Gasteiger partial charge in [-0.1, -0.05) is 23.2 Å². The van der Waals surface area contributed by atoms with Crippen molar-refractivity contribution < 1.29 is 13.2 Å². The van der Waals surface area contributed by atoms with E-state index in [1.54, 1.807) is 36.4 Å². The van der Waals surface area contributed by atoms with Crippen molar-refractivity contribution in [2.75, 3.05) is 0 Å². The molecule has 8 nitrogen and oxygen atoms in total. The summed E-state index contributed by atoms with van der Waals surface area (Å²) in [6.07, 6.45) is -2.69. The first-order chi connectivity index (χ1) is 15.2. The van der Waals surface area contributed by atoms with E-state index in [1.165, 1.54) is 17.2 Å². The molecule has 32 heavy (non-hydrogen) atoms. The first kappa shape index (κ1) is 22.0. The van der Waals surface area contributed by atoms with Crippen molar-refractivity contribution in [3.8, 4) is 17.1 Å². The molecule has 1 aromatic carbocycles. The zero-order valence-corrected chi connectivity index (χ0v) is 17.7. The van der Waals surface area contributed by atoms with E-state index in [4.69, 9.17) is 23.2 Å². The summed E-state index contributed by atoms with van der Waals surface area (Å²) in [5.41, 5.74) is 0.223. The minimum Gasteiger partial charge on any atom is -0.275 e. The van der Waals surface area contributed by atoms with Crippen LogP contribution in [0.3, 0.4) is 0 Å². The van der Waals surface area contributed by atoms with Crippen molar-refractivity contribution in [3.05, 3.63) is 75.4 Å². The summed E-state index contributed by atoms with van der Waals surface area (Å²) in [4.78, 5) is 21.0. The quantitative estimate of drug-likeness (QED) is 0.387. The highest BCUT2D eigenvalue weighted by Crippen LogP contribution is 2.23. The van der Waals surface area contributed by atoms with Gasteiger partial charge in [0.1, 0.15) is 18.6 Å². The molecule has 0 unspecified atom stereocenters. The fraction of sp³-hybridized carbons (Fsp3) is 0.211. The van der Waals surface area contributed by atoms with Crippen molar-refractivity contribution >= 4 is 23.2 Å². The molecule has 0 aliphatic carbocycles. The first-order valence-corrected chi connectivity index (χ1v) is 9.98. The van der Waals surface area contributed by atoms with Gasteiger partial charge in [0.2, 0.25) is 0 Å². The number of alkyl halides is 3. The van der Waals surface area contributed by atoms with Crippen molar-refractivity contribution in [1.29, 1.82) is 0 Å². The fourth-order valence-corrected chi connectivity index (χ4v) is 3.30. The molecule has 0 bridgehead atoms. The van der Waals surface area contributed by atoms with Gasteiger partial charge in [-0.05, 0) is 36.4 Å². The number of hydrogen-bond donors (Lipinski definition) is 0. The third-order valence-electron chi connectivity index (χ3n) is 4.46. The Labute approximate surface area is 188 Å². The average Bonchev–Trinajstić information content (AvgIpc) is 3.32. The Morgan fingerprint density at radius 1 is 1.00 bits per heavy atom. The number of nitrogens with zero attached hydrogens (tertiary/aromatic N) is 7. The molecular weight excluding hydrogens is 470 g/mol. The lowest BCUT2D eigenvalue weighted by molar-refractivity contribution is -0.136. The number of hydrogen-bond acceptors (Lipinski definition) is 5.